The fourth-order valence-corrected chi connectivity index (χ4v) is 2.31. The summed E-state index contributed by atoms with van der Waals surface area (Å²) in [5.41, 5.74) is 2.30. The van der Waals surface area contributed by atoms with E-state index in [0.717, 1.165) is 24.3 Å². The Balaban J connectivity index is 1.90. The van der Waals surface area contributed by atoms with Gasteiger partial charge in [-0.3, -0.25) is 15.1 Å². The average molecular weight is 256 g/mol. The van der Waals surface area contributed by atoms with Crippen molar-refractivity contribution >= 4 is 11.5 Å². The lowest BCUT2D eigenvalue weighted by atomic mass is 9.99. The van der Waals surface area contributed by atoms with Crippen LogP contribution in [-0.2, 0) is 13.0 Å². The predicted molar refractivity (Wildman–Crippen MR) is 69.9 cm³/mol. The average Bonchev–Trinajstić information content (AvgIpc) is 2.47. The SMILES string of the molecule is O=[N+]([O-])c1ccc2c(c1)CN(c1cnccn1)CC2. The molecule has 6 heteroatoms. The summed E-state index contributed by atoms with van der Waals surface area (Å²) in [6.07, 6.45) is 5.86. The monoisotopic (exact) mass is 256 g/mol. The van der Waals surface area contributed by atoms with Gasteiger partial charge >= 0.3 is 0 Å². The Bertz CT molecular complexity index is 615. The number of hydrogen-bond acceptors (Lipinski definition) is 5. The maximum absolute atomic E-state index is 10.8. The van der Waals surface area contributed by atoms with Crippen LogP contribution >= 0.6 is 0 Å². The van der Waals surface area contributed by atoms with Crippen molar-refractivity contribution in [2.24, 2.45) is 0 Å². The summed E-state index contributed by atoms with van der Waals surface area (Å²) < 4.78 is 0. The number of nitro benzene ring substituents is 1. The van der Waals surface area contributed by atoms with Crippen molar-refractivity contribution < 1.29 is 4.92 Å². The molecule has 96 valence electrons. The highest BCUT2D eigenvalue weighted by Crippen LogP contribution is 2.25. The van der Waals surface area contributed by atoms with Crippen LogP contribution < -0.4 is 4.90 Å². The third-order valence-electron chi connectivity index (χ3n) is 3.29. The summed E-state index contributed by atoms with van der Waals surface area (Å²) in [6.45, 7) is 1.49. The molecule has 0 N–H and O–H groups in total. The highest BCUT2D eigenvalue weighted by Gasteiger charge is 2.19. The summed E-state index contributed by atoms with van der Waals surface area (Å²) in [7, 11) is 0. The number of anilines is 1. The minimum absolute atomic E-state index is 0.139. The Morgan fingerprint density at radius 1 is 1.26 bits per heavy atom. The standard InChI is InChI=1S/C13H12N4O2/c18-17(19)12-2-1-10-3-6-16(9-11(10)7-12)13-8-14-4-5-15-13/h1-2,4-5,7-8H,3,6,9H2. The number of benzene rings is 1. The molecule has 0 bridgehead atoms. The molecular weight excluding hydrogens is 244 g/mol. The second-order valence-corrected chi connectivity index (χ2v) is 4.45. The third-order valence-corrected chi connectivity index (χ3v) is 3.29. The Morgan fingerprint density at radius 2 is 2.16 bits per heavy atom. The maximum atomic E-state index is 10.8. The van der Waals surface area contributed by atoms with Crippen LogP contribution in [0, 0.1) is 10.1 Å². The second kappa shape index (κ2) is 4.64. The van der Waals surface area contributed by atoms with E-state index < -0.39 is 0 Å². The topological polar surface area (TPSA) is 72.2 Å². The number of nitro groups is 1. The van der Waals surface area contributed by atoms with Gasteiger partial charge in [-0.2, -0.15) is 0 Å². The molecule has 19 heavy (non-hydrogen) atoms. The van der Waals surface area contributed by atoms with E-state index >= 15 is 0 Å². The predicted octanol–water partition coefficient (Wildman–Crippen LogP) is 1.95. The van der Waals surface area contributed by atoms with Crippen LogP contribution in [0.25, 0.3) is 0 Å². The van der Waals surface area contributed by atoms with Gasteiger partial charge in [0.05, 0.1) is 11.1 Å². The van der Waals surface area contributed by atoms with Crippen molar-refractivity contribution in [1.82, 2.24) is 9.97 Å². The number of nitrogens with zero attached hydrogens (tertiary/aromatic N) is 4. The number of non-ortho nitro benzene ring substituents is 1. The molecule has 1 aromatic carbocycles. The van der Waals surface area contributed by atoms with E-state index in [-0.39, 0.29) is 10.6 Å². The van der Waals surface area contributed by atoms with Gasteiger partial charge in [0.15, 0.2) is 0 Å². The van der Waals surface area contributed by atoms with Gasteiger partial charge in [-0.05, 0) is 17.5 Å². The summed E-state index contributed by atoms with van der Waals surface area (Å²) in [5, 5.41) is 10.8. The lowest BCUT2D eigenvalue weighted by Gasteiger charge is -2.29. The van der Waals surface area contributed by atoms with Crippen LogP contribution in [-0.4, -0.2) is 21.4 Å². The highest BCUT2D eigenvalue weighted by atomic mass is 16.6. The minimum Gasteiger partial charge on any atom is -0.351 e. The van der Waals surface area contributed by atoms with Gasteiger partial charge < -0.3 is 4.90 Å². The van der Waals surface area contributed by atoms with E-state index in [4.69, 9.17) is 0 Å². The van der Waals surface area contributed by atoms with Crippen molar-refractivity contribution in [3.05, 3.63) is 58.0 Å². The molecule has 1 aliphatic rings. The van der Waals surface area contributed by atoms with Crippen molar-refractivity contribution in [3.63, 3.8) is 0 Å². The largest absolute Gasteiger partial charge is 0.351 e. The van der Waals surface area contributed by atoms with E-state index in [0.29, 0.717) is 6.54 Å². The molecule has 0 radical (unpaired) electrons. The normalized spacial score (nSPS) is 14.0. The Labute approximate surface area is 109 Å². The zero-order valence-electron chi connectivity index (χ0n) is 10.2. The molecule has 1 aliphatic heterocycles. The second-order valence-electron chi connectivity index (χ2n) is 4.45. The Kier molecular flexibility index (Phi) is 2.83. The zero-order valence-corrected chi connectivity index (χ0v) is 10.2. The molecule has 0 fully saturated rings. The molecule has 0 amide bonds. The molecule has 1 aromatic heterocycles. The third kappa shape index (κ3) is 2.24. The molecule has 6 nitrogen and oxygen atoms in total. The van der Waals surface area contributed by atoms with Crippen LogP contribution in [0.3, 0.4) is 0 Å². The first kappa shape index (κ1) is 11.6. The molecule has 0 aliphatic carbocycles. The molecule has 0 unspecified atom stereocenters. The van der Waals surface area contributed by atoms with E-state index in [1.807, 2.05) is 6.07 Å². The number of hydrogen-bond donors (Lipinski definition) is 0. The van der Waals surface area contributed by atoms with E-state index in [1.54, 1.807) is 30.7 Å². The van der Waals surface area contributed by atoms with Gasteiger partial charge in [0.1, 0.15) is 5.82 Å². The van der Waals surface area contributed by atoms with Gasteiger partial charge in [0.2, 0.25) is 0 Å². The molecule has 2 heterocycles. The molecule has 2 aromatic rings. The fourth-order valence-electron chi connectivity index (χ4n) is 2.31. The van der Waals surface area contributed by atoms with Gasteiger partial charge in [0, 0.05) is 37.6 Å². The molecule has 0 saturated carbocycles. The molecular formula is C13H12N4O2. The first-order chi connectivity index (χ1) is 9.24. The zero-order chi connectivity index (χ0) is 13.2. The van der Waals surface area contributed by atoms with Gasteiger partial charge in [-0.15, -0.1) is 0 Å². The van der Waals surface area contributed by atoms with Crippen molar-refractivity contribution in [2.45, 2.75) is 13.0 Å². The van der Waals surface area contributed by atoms with Crippen molar-refractivity contribution in [3.8, 4) is 0 Å². The Morgan fingerprint density at radius 3 is 2.89 bits per heavy atom. The lowest BCUT2D eigenvalue weighted by molar-refractivity contribution is -0.384. The quantitative estimate of drug-likeness (QED) is 0.606. The van der Waals surface area contributed by atoms with Crippen LogP contribution in [0.4, 0.5) is 11.5 Å². The van der Waals surface area contributed by atoms with Crippen molar-refractivity contribution in [1.29, 1.82) is 0 Å². The van der Waals surface area contributed by atoms with E-state index in [1.165, 1.54) is 5.56 Å². The van der Waals surface area contributed by atoms with Gasteiger partial charge in [-0.25, -0.2) is 4.98 Å². The summed E-state index contributed by atoms with van der Waals surface area (Å²) in [6, 6.07) is 5.07. The van der Waals surface area contributed by atoms with Crippen molar-refractivity contribution in [2.75, 3.05) is 11.4 Å². The Hall–Kier alpha value is -2.50. The first-order valence-corrected chi connectivity index (χ1v) is 6.01. The number of rotatable bonds is 2. The number of aromatic nitrogens is 2. The van der Waals surface area contributed by atoms with Crippen LogP contribution in [0.2, 0.25) is 0 Å². The molecule has 0 saturated heterocycles. The summed E-state index contributed by atoms with van der Waals surface area (Å²) >= 11 is 0. The van der Waals surface area contributed by atoms with Gasteiger partial charge in [0.25, 0.3) is 5.69 Å². The lowest BCUT2D eigenvalue weighted by Crippen LogP contribution is -2.31. The van der Waals surface area contributed by atoms with Crippen LogP contribution in [0.5, 0.6) is 0 Å². The fraction of sp³-hybridized carbons (Fsp3) is 0.231. The molecule has 0 spiro atoms. The van der Waals surface area contributed by atoms with Crippen LogP contribution in [0.15, 0.2) is 36.8 Å². The maximum Gasteiger partial charge on any atom is 0.269 e. The summed E-state index contributed by atoms with van der Waals surface area (Å²) in [4.78, 5) is 20.8. The summed E-state index contributed by atoms with van der Waals surface area (Å²) in [5.74, 6) is 0.805. The molecule has 0 atom stereocenters. The minimum atomic E-state index is -0.360. The number of fused-ring (bicyclic) bond motifs is 1. The van der Waals surface area contributed by atoms with Crippen LogP contribution in [0.1, 0.15) is 11.1 Å². The smallest absolute Gasteiger partial charge is 0.269 e. The van der Waals surface area contributed by atoms with E-state index in [9.17, 15) is 10.1 Å². The van der Waals surface area contributed by atoms with E-state index in [2.05, 4.69) is 14.9 Å². The first-order valence-electron chi connectivity index (χ1n) is 6.01. The highest BCUT2D eigenvalue weighted by molar-refractivity contribution is 5.46. The molecule has 3 rings (SSSR count). The van der Waals surface area contributed by atoms with Gasteiger partial charge in [-0.1, -0.05) is 6.07 Å².